The van der Waals surface area contributed by atoms with Crippen LogP contribution in [0.15, 0.2) is 33.9 Å². The highest BCUT2D eigenvalue weighted by Gasteiger charge is 2.30. The molecule has 0 radical (unpaired) electrons. The molecule has 2 saturated heterocycles. The highest BCUT2D eigenvalue weighted by molar-refractivity contribution is 6.30. The average molecular weight is 476 g/mol. The number of carbonyl (C=O) groups excluding carboxylic acids is 1. The van der Waals surface area contributed by atoms with E-state index in [1.165, 1.54) is 0 Å². The molecule has 0 unspecified atom stereocenters. The van der Waals surface area contributed by atoms with Gasteiger partial charge in [0.2, 0.25) is 0 Å². The number of amides is 1. The van der Waals surface area contributed by atoms with Crippen molar-refractivity contribution in [2.45, 2.75) is 6.92 Å². The van der Waals surface area contributed by atoms with Gasteiger partial charge in [0.25, 0.3) is 10.9 Å². The molecular weight excluding hydrogens is 446 g/mol. The summed E-state index contributed by atoms with van der Waals surface area (Å²) in [5, 5.41) is 3.93. The van der Waals surface area contributed by atoms with E-state index in [0.29, 0.717) is 50.7 Å². The van der Waals surface area contributed by atoms with E-state index in [1.54, 1.807) is 11.8 Å². The summed E-state index contributed by atoms with van der Waals surface area (Å²) >= 11 is 6.11. The van der Waals surface area contributed by atoms with Crippen molar-refractivity contribution in [3.63, 3.8) is 0 Å². The van der Waals surface area contributed by atoms with Crippen LogP contribution in [0.3, 0.4) is 0 Å². The van der Waals surface area contributed by atoms with Crippen LogP contribution in [-0.2, 0) is 4.74 Å². The maximum Gasteiger partial charge on any atom is 0.409 e. The molecule has 0 aliphatic carbocycles. The molecule has 2 aromatic rings. The molecule has 0 aromatic heterocycles. The zero-order valence-corrected chi connectivity index (χ0v) is 19.6. The van der Waals surface area contributed by atoms with Gasteiger partial charge in [-0.25, -0.2) is 4.79 Å². The Kier molecular flexibility index (Phi) is 7.39. The molecular formula is C23H30ClN5O4. The lowest BCUT2D eigenvalue weighted by atomic mass is 10.1. The number of hydrogen-bond acceptors (Lipinski definition) is 8. The number of nitrogens with one attached hydrogen (secondary N) is 1. The third kappa shape index (κ3) is 5.25. The molecule has 2 fully saturated rings. The highest BCUT2D eigenvalue weighted by atomic mass is 35.5. The summed E-state index contributed by atoms with van der Waals surface area (Å²) in [7, 11) is 0. The minimum atomic E-state index is -0.455. The van der Waals surface area contributed by atoms with Gasteiger partial charge in [-0.2, -0.15) is 0 Å². The van der Waals surface area contributed by atoms with Crippen LogP contribution in [0.1, 0.15) is 6.92 Å². The monoisotopic (exact) mass is 475 g/mol. The Balaban J connectivity index is 1.24. The van der Waals surface area contributed by atoms with Gasteiger partial charge in [0.05, 0.1) is 6.61 Å². The molecule has 9 nitrogen and oxygen atoms in total. The molecule has 2 aliphatic heterocycles. The van der Waals surface area contributed by atoms with E-state index in [9.17, 15) is 14.4 Å². The van der Waals surface area contributed by atoms with Crippen LogP contribution in [0, 0.1) is 0 Å². The Morgan fingerprint density at radius 1 is 1.00 bits per heavy atom. The molecule has 10 heteroatoms. The van der Waals surface area contributed by atoms with Crippen molar-refractivity contribution in [2.24, 2.45) is 0 Å². The van der Waals surface area contributed by atoms with Gasteiger partial charge in [-0.3, -0.25) is 14.5 Å². The van der Waals surface area contributed by atoms with Crippen molar-refractivity contribution in [3.8, 4) is 0 Å². The molecule has 33 heavy (non-hydrogen) atoms. The lowest BCUT2D eigenvalue weighted by molar-refractivity contribution is 0.105. The summed E-state index contributed by atoms with van der Waals surface area (Å²) in [6.07, 6.45) is -0.337. The first-order valence-corrected chi connectivity index (χ1v) is 11.8. The summed E-state index contributed by atoms with van der Waals surface area (Å²) in [5.41, 5.74) is 1.09. The van der Waals surface area contributed by atoms with E-state index in [-0.39, 0.29) is 6.09 Å². The number of hydrogen-bond donors (Lipinski definition) is 1. The number of anilines is 3. The Bertz CT molecular complexity index is 1040. The molecule has 2 aromatic carbocycles. The Hall–Kier alpha value is -2.78. The second kappa shape index (κ2) is 10.4. The lowest BCUT2D eigenvalue weighted by Crippen LogP contribution is -2.53. The van der Waals surface area contributed by atoms with Gasteiger partial charge in [-0.1, -0.05) is 17.7 Å². The van der Waals surface area contributed by atoms with Crippen molar-refractivity contribution in [2.75, 3.05) is 87.2 Å². The van der Waals surface area contributed by atoms with E-state index in [2.05, 4.69) is 21.2 Å². The molecule has 4 rings (SSSR count). The molecule has 2 heterocycles. The van der Waals surface area contributed by atoms with Crippen LogP contribution in [0.4, 0.5) is 21.9 Å². The maximum atomic E-state index is 12.2. The minimum absolute atomic E-state index is 0.334. The van der Waals surface area contributed by atoms with Gasteiger partial charge in [-0.15, -0.1) is 0 Å². The SMILES string of the molecule is CCOC(=O)N1CCN(c2c(NCCN3CCN(c4cccc(Cl)c4)CC3)c(=O)c2=O)CC1. The number of ether oxygens (including phenoxy) is 1. The van der Waals surface area contributed by atoms with Crippen molar-refractivity contribution in [1.29, 1.82) is 0 Å². The number of rotatable bonds is 7. The quantitative estimate of drug-likeness (QED) is 0.602. The van der Waals surface area contributed by atoms with Crippen molar-refractivity contribution < 1.29 is 9.53 Å². The van der Waals surface area contributed by atoms with Crippen molar-refractivity contribution in [1.82, 2.24) is 9.80 Å². The minimum Gasteiger partial charge on any atom is -0.450 e. The van der Waals surface area contributed by atoms with E-state index in [4.69, 9.17) is 16.3 Å². The van der Waals surface area contributed by atoms with Gasteiger partial charge in [0.1, 0.15) is 11.4 Å². The van der Waals surface area contributed by atoms with Crippen LogP contribution in [0.2, 0.25) is 5.02 Å². The van der Waals surface area contributed by atoms with Gasteiger partial charge in [0.15, 0.2) is 0 Å². The first-order valence-electron chi connectivity index (χ1n) is 11.4. The van der Waals surface area contributed by atoms with Gasteiger partial charge in [0, 0.05) is 76.2 Å². The number of benzene rings is 1. The van der Waals surface area contributed by atoms with Crippen molar-refractivity contribution >= 4 is 34.8 Å². The third-order valence-electron chi connectivity index (χ3n) is 6.28. The summed E-state index contributed by atoms with van der Waals surface area (Å²) in [5.74, 6) is 0. The first-order chi connectivity index (χ1) is 16.0. The normalized spacial score (nSPS) is 17.5. The number of carbonyl (C=O) groups is 1. The van der Waals surface area contributed by atoms with E-state index < -0.39 is 10.9 Å². The summed E-state index contributed by atoms with van der Waals surface area (Å²) in [4.78, 5) is 44.5. The second-order valence-electron chi connectivity index (χ2n) is 8.29. The Labute approximate surface area is 198 Å². The fraction of sp³-hybridized carbons (Fsp3) is 0.522. The summed E-state index contributed by atoms with van der Waals surface area (Å²) in [6.45, 7) is 9.10. The van der Waals surface area contributed by atoms with Gasteiger partial charge in [-0.05, 0) is 25.1 Å². The standard InChI is InChI=1S/C23H30ClN5O4/c1-2-33-23(32)29-14-12-28(13-15-29)20-19(21(30)22(20)31)25-6-7-26-8-10-27(11-9-26)18-5-3-4-17(24)16-18/h3-5,16,25H,2,6-15H2,1H3. The predicted molar refractivity (Wildman–Crippen MR) is 131 cm³/mol. The lowest BCUT2D eigenvalue weighted by Gasteiger charge is -2.37. The summed E-state index contributed by atoms with van der Waals surface area (Å²) in [6, 6.07) is 7.90. The number of piperazine rings is 2. The van der Waals surface area contributed by atoms with E-state index in [1.807, 2.05) is 23.1 Å². The zero-order valence-electron chi connectivity index (χ0n) is 18.9. The molecule has 0 spiro atoms. The fourth-order valence-corrected chi connectivity index (χ4v) is 4.60. The second-order valence-corrected chi connectivity index (χ2v) is 8.73. The van der Waals surface area contributed by atoms with Gasteiger partial charge < -0.3 is 24.8 Å². The molecule has 0 atom stereocenters. The maximum absolute atomic E-state index is 12.2. The molecule has 0 saturated carbocycles. The number of nitrogens with zero attached hydrogens (tertiary/aromatic N) is 4. The van der Waals surface area contributed by atoms with E-state index >= 15 is 0 Å². The third-order valence-corrected chi connectivity index (χ3v) is 6.52. The molecule has 2 aliphatic rings. The Morgan fingerprint density at radius 2 is 1.70 bits per heavy atom. The Morgan fingerprint density at radius 3 is 2.36 bits per heavy atom. The van der Waals surface area contributed by atoms with Crippen LogP contribution < -0.4 is 26.0 Å². The predicted octanol–water partition coefficient (Wildman–Crippen LogP) is 1.45. The average Bonchev–Trinajstić information content (AvgIpc) is 2.84. The van der Waals surface area contributed by atoms with Crippen LogP contribution in [0.25, 0.3) is 0 Å². The summed E-state index contributed by atoms with van der Waals surface area (Å²) < 4.78 is 5.03. The largest absolute Gasteiger partial charge is 0.450 e. The molecule has 1 amide bonds. The zero-order chi connectivity index (χ0) is 23.4. The van der Waals surface area contributed by atoms with Gasteiger partial charge >= 0.3 is 6.09 Å². The first kappa shape index (κ1) is 23.4. The van der Waals surface area contributed by atoms with Crippen molar-refractivity contribution in [3.05, 3.63) is 49.7 Å². The number of halogens is 1. The smallest absolute Gasteiger partial charge is 0.409 e. The molecule has 178 valence electrons. The van der Waals surface area contributed by atoms with E-state index in [0.717, 1.165) is 43.4 Å². The highest BCUT2D eigenvalue weighted by Crippen LogP contribution is 2.23. The fourth-order valence-electron chi connectivity index (χ4n) is 4.41. The van der Waals surface area contributed by atoms with Crippen LogP contribution in [0.5, 0.6) is 0 Å². The topological polar surface area (TPSA) is 85.4 Å². The van der Waals surface area contributed by atoms with Crippen LogP contribution >= 0.6 is 11.6 Å². The molecule has 0 bridgehead atoms. The molecule has 1 N–H and O–H groups in total. The van der Waals surface area contributed by atoms with Crippen LogP contribution in [-0.4, -0.2) is 87.9 Å².